The van der Waals surface area contributed by atoms with Gasteiger partial charge in [0.1, 0.15) is 0 Å². The molecule has 0 amide bonds. The Bertz CT molecular complexity index is 482. The maximum Gasteiger partial charge on any atom is 0.323 e. The average Bonchev–Trinajstić information content (AvgIpc) is 2.52. The zero-order valence-electron chi connectivity index (χ0n) is 12.5. The molecular weight excluding hydrogens is 270 g/mol. The summed E-state index contributed by atoms with van der Waals surface area (Å²) in [4.78, 5) is 15.0. The summed E-state index contributed by atoms with van der Waals surface area (Å²) in [5.74, 6) is 0.832. The fourth-order valence-corrected chi connectivity index (χ4v) is 3.09. The lowest BCUT2D eigenvalue weighted by Gasteiger charge is -2.43. The van der Waals surface area contributed by atoms with Crippen molar-refractivity contribution in [1.29, 1.82) is 0 Å². The fourth-order valence-electron chi connectivity index (χ4n) is 3.09. The van der Waals surface area contributed by atoms with Gasteiger partial charge >= 0.3 is 6.01 Å². The molecule has 2 fully saturated rings. The van der Waals surface area contributed by atoms with E-state index in [0.29, 0.717) is 31.2 Å². The van der Waals surface area contributed by atoms with Crippen LogP contribution in [0.15, 0.2) is 0 Å². The van der Waals surface area contributed by atoms with Crippen molar-refractivity contribution in [2.45, 2.75) is 51.2 Å². The number of ether oxygens (including phenoxy) is 2. The molecule has 2 unspecified atom stereocenters. The third kappa shape index (κ3) is 3.18. The topological polar surface area (TPSA) is 86.4 Å². The van der Waals surface area contributed by atoms with E-state index < -0.39 is 0 Å². The molecule has 1 saturated heterocycles. The van der Waals surface area contributed by atoms with Crippen LogP contribution < -0.4 is 15.4 Å². The van der Waals surface area contributed by atoms with E-state index in [1.165, 1.54) is 12.8 Å². The van der Waals surface area contributed by atoms with Gasteiger partial charge in [0.25, 0.3) is 0 Å². The number of hydrogen-bond donors (Lipinski definition) is 1. The first-order chi connectivity index (χ1) is 10.3. The zero-order chi connectivity index (χ0) is 14.7. The maximum absolute atomic E-state index is 5.88. The Labute approximate surface area is 124 Å². The Hall–Kier alpha value is -1.63. The van der Waals surface area contributed by atoms with Crippen LogP contribution in [0.4, 0.5) is 11.9 Å². The second kappa shape index (κ2) is 6.43. The maximum atomic E-state index is 5.88. The number of nitrogens with two attached hydrogens (primary N) is 1. The van der Waals surface area contributed by atoms with E-state index >= 15 is 0 Å². The van der Waals surface area contributed by atoms with Crippen LogP contribution in [-0.2, 0) is 4.74 Å². The van der Waals surface area contributed by atoms with E-state index in [1.807, 2.05) is 6.92 Å². The van der Waals surface area contributed by atoms with Crippen molar-refractivity contribution in [2.24, 2.45) is 0 Å². The van der Waals surface area contributed by atoms with Gasteiger partial charge in [0.05, 0.1) is 25.4 Å². The lowest BCUT2D eigenvalue weighted by atomic mass is 9.90. The molecule has 116 valence electrons. The van der Waals surface area contributed by atoms with Gasteiger partial charge in [0.15, 0.2) is 0 Å². The van der Waals surface area contributed by atoms with Gasteiger partial charge in [-0.3, -0.25) is 0 Å². The lowest BCUT2D eigenvalue weighted by molar-refractivity contribution is -0.00937. The molecule has 7 nitrogen and oxygen atoms in total. The summed E-state index contributed by atoms with van der Waals surface area (Å²) in [6, 6.07) is 0.659. The predicted molar refractivity (Wildman–Crippen MR) is 79.4 cm³/mol. The molecule has 1 aliphatic carbocycles. The number of fused-ring (bicyclic) bond motifs is 1. The standard InChI is InChI=1S/C14H23N5O2/c1-2-8-21-14-17-12(15)16-13(18-14)19-7-9-20-11-6-4-3-5-10(11)19/h10-11H,2-9H2,1H3,(H2,15,16,17,18). The first-order valence-electron chi connectivity index (χ1n) is 7.80. The third-order valence-corrected chi connectivity index (χ3v) is 4.04. The second-order valence-corrected chi connectivity index (χ2v) is 5.58. The van der Waals surface area contributed by atoms with Crippen LogP contribution in [-0.4, -0.2) is 46.9 Å². The summed E-state index contributed by atoms with van der Waals surface area (Å²) < 4.78 is 11.4. The molecule has 7 heteroatoms. The van der Waals surface area contributed by atoms with E-state index in [9.17, 15) is 0 Å². The van der Waals surface area contributed by atoms with E-state index in [-0.39, 0.29) is 12.1 Å². The molecule has 2 atom stereocenters. The van der Waals surface area contributed by atoms with Crippen molar-refractivity contribution in [1.82, 2.24) is 15.0 Å². The van der Waals surface area contributed by atoms with E-state index in [1.54, 1.807) is 0 Å². The molecule has 1 aromatic heterocycles. The highest BCUT2D eigenvalue weighted by Crippen LogP contribution is 2.31. The van der Waals surface area contributed by atoms with Crippen LogP contribution in [0.2, 0.25) is 0 Å². The summed E-state index contributed by atoms with van der Waals surface area (Å²) in [6.45, 7) is 4.12. The SMILES string of the molecule is CCCOc1nc(N)nc(N2CCOC3CCCCC32)n1. The Balaban J connectivity index is 1.82. The molecule has 0 aromatic carbocycles. The van der Waals surface area contributed by atoms with Gasteiger partial charge in [-0.15, -0.1) is 0 Å². The number of hydrogen-bond acceptors (Lipinski definition) is 7. The minimum atomic E-state index is 0.213. The molecule has 3 rings (SSSR count). The minimum Gasteiger partial charge on any atom is -0.463 e. The molecule has 21 heavy (non-hydrogen) atoms. The number of nitrogens with zero attached hydrogens (tertiary/aromatic N) is 4. The molecule has 2 aliphatic rings. The van der Waals surface area contributed by atoms with Gasteiger partial charge < -0.3 is 20.1 Å². The van der Waals surface area contributed by atoms with Crippen molar-refractivity contribution in [3.8, 4) is 6.01 Å². The molecule has 1 saturated carbocycles. The number of aromatic nitrogens is 3. The molecule has 0 radical (unpaired) electrons. The average molecular weight is 293 g/mol. The first kappa shape index (κ1) is 14.3. The minimum absolute atomic E-state index is 0.213. The van der Waals surface area contributed by atoms with Crippen LogP contribution >= 0.6 is 0 Å². The Morgan fingerprint density at radius 3 is 3.00 bits per heavy atom. The van der Waals surface area contributed by atoms with Crippen LogP contribution in [0, 0.1) is 0 Å². The molecule has 0 bridgehead atoms. The summed E-state index contributed by atoms with van der Waals surface area (Å²) in [7, 11) is 0. The zero-order valence-corrected chi connectivity index (χ0v) is 12.5. The van der Waals surface area contributed by atoms with Gasteiger partial charge in [-0.1, -0.05) is 19.8 Å². The van der Waals surface area contributed by atoms with Gasteiger partial charge in [-0.2, -0.15) is 15.0 Å². The van der Waals surface area contributed by atoms with Crippen LogP contribution in [0.25, 0.3) is 0 Å². The van der Waals surface area contributed by atoms with E-state index in [4.69, 9.17) is 15.2 Å². The van der Waals surface area contributed by atoms with Crippen LogP contribution in [0.1, 0.15) is 39.0 Å². The largest absolute Gasteiger partial charge is 0.463 e. The van der Waals surface area contributed by atoms with Crippen LogP contribution in [0.5, 0.6) is 6.01 Å². The monoisotopic (exact) mass is 293 g/mol. The summed E-state index contributed by atoms with van der Waals surface area (Å²) >= 11 is 0. The quantitative estimate of drug-likeness (QED) is 0.897. The van der Waals surface area contributed by atoms with Crippen LogP contribution in [0.3, 0.4) is 0 Å². The summed E-state index contributed by atoms with van der Waals surface area (Å²) in [5, 5.41) is 0. The predicted octanol–water partition coefficient (Wildman–Crippen LogP) is 1.39. The number of nitrogen functional groups attached to an aromatic ring is 1. The van der Waals surface area contributed by atoms with E-state index in [2.05, 4.69) is 19.9 Å². The van der Waals surface area contributed by atoms with Gasteiger partial charge in [0, 0.05) is 6.54 Å². The van der Waals surface area contributed by atoms with Crippen molar-refractivity contribution < 1.29 is 9.47 Å². The number of morpholine rings is 1. The molecule has 1 aliphatic heterocycles. The third-order valence-electron chi connectivity index (χ3n) is 4.04. The molecule has 0 spiro atoms. The normalized spacial score (nSPS) is 25.5. The lowest BCUT2D eigenvalue weighted by Crippen LogP contribution is -2.53. The highest BCUT2D eigenvalue weighted by Gasteiger charge is 2.35. The highest BCUT2D eigenvalue weighted by atomic mass is 16.5. The second-order valence-electron chi connectivity index (χ2n) is 5.58. The molecular formula is C14H23N5O2. The smallest absolute Gasteiger partial charge is 0.323 e. The molecule has 1 aromatic rings. The Morgan fingerprint density at radius 2 is 2.14 bits per heavy atom. The molecule has 2 heterocycles. The first-order valence-corrected chi connectivity index (χ1v) is 7.80. The Kier molecular flexibility index (Phi) is 4.38. The van der Waals surface area contributed by atoms with Gasteiger partial charge in [0.2, 0.25) is 11.9 Å². The van der Waals surface area contributed by atoms with Gasteiger partial charge in [-0.25, -0.2) is 0 Å². The van der Waals surface area contributed by atoms with Gasteiger partial charge in [-0.05, 0) is 19.3 Å². The number of anilines is 2. The van der Waals surface area contributed by atoms with Crippen molar-refractivity contribution in [3.63, 3.8) is 0 Å². The fraction of sp³-hybridized carbons (Fsp3) is 0.786. The Morgan fingerprint density at radius 1 is 1.29 bits per heavy atom. The molecule has 2 N–H and O–H groups in total. The van der Waals surface area contributed by atoms with Crippen molar-refractivity contribution >= 4 is 11.9 Å². The van der Waals surface area contributed by atoms with Crippen molar-refractivity contribution in [2.75, 3.05) is 30.4 Å². The number of rotatable bonds is 4. The van der Waals surface area contributed by atoms with E-state index in [0.717, 1.165) is 25.8 Å². The summed E-state index contributed by atoms with van der Waals surface area (Å²) in [6.07, 6.45) is 5.87. The highest BCUT2D eigenvalue weighted by molar-refractivity contribution is 5.38. The van der Waals surface area contributed by atoms with Crippen molar-refractivity contribution in [3.05, 3.63) is 0 Å². The summed E-state index contributed by atoms with van der Waals surface area (Å²) in [5.41, 5.74) is 5.81.